The zero-order valence-electron chi connectivity index (χ0n) is 18.4. The minimum Gasteiger partial charge on any atom is -0.292 e. The molecule has 12 heteroatoms. The maximum absolute atomic E-state index is 13.6. The number of imide groups is 1. The summed E-state index contributed by atoms with van der Waals surface area (Å²) in [5, 5.41) is 13.0. The maximum atomic E-state index is 13.6. The third-order valence-electron chi connectivity index (χ3n) is 7.23. The molecule has 2 aliphatic carbocycles. The van der Waals surface area contributed by atoms with E-state index in [9.17, 15) is 33.7 Å². The summed E-state index contributed by atoms with van der Waals surface area (Å²) in [6.45, 7) is -0.738. The highest BCUT2D eigenvalue weighted by atomic mass is 79.9. The van der Waals surface area contributed by atoms with E-state index in [-0.39, 0.29) is 32.6 Å². The Morgan fingerprint density at radius 3 is 2.11 bits per heavy atom. The van der Waals surface area contributed by atoms with Crippen LogP contribution in [0.3, 0.4) is 0 Å². The molecule has 186 valence electrons. The zero-order valence-corrected chi connectivity index (χ0v) is 21.6. The molecule has 0 unspecified atom stereocenters. The highest BCUT2D eigenvalue weighted by Crippen LogP contribution is 2.60. The fourth-order valence-corrected chi connectivity index (χ4v) is 7.49. The van der Waals surface area contributed by atoms with Gasteiger partial charge in [0.2, 0.25) is 0 Å². The van der Waals surface area contributed by atoms with Crippen molar-refractivity contribution in [1.82, 2.24) is 10.0 Å². The third-order valence-corrected chi connectivity index (χ3v) is 10.4. The van der Waals surface area contributed by atoms with E-state index < -0.39 is 58.3 Å². The van der Waals surface area contributed by atoms with Gasteiger partial charge in [-0.1, -0.05) is 44.0 Å². The number of rotatable bonds is 6. The summed E-state index contributed by atoms with van der Waals surface area (Å²) in [5.41, 5.74) is -0.842. The summed E-state index contributed by atoms with van der Waals surface area (Å²) in [6.07, 6.45) is 0.666. The van der Waals surface area contributed by atoms with Gasteiger partial charge in [0.1, 0.15) is 17.9 Å². The van der Waals surface area contributed by atoms with Crippen LogP contribution in [0.25, 0.3) is 0 Å². The molecule has 2 aromatic rings. The highest BCUT2D eigenvalue weighted by molar-refractivity contribution is 9.12. The molecular formula is C24H18Br2FN3O6. The van der Waals surface area contributed by atoms with Crippen molar-refractivity contribution in [2.75, 3.05) is 6.54 Å². The van der Waals surface area contributed by atoms with Crippen LogP contribution in [-0.4, -0.2) is 54.6 Å². The van der Waals surface area contributed by atoms with Gasteiger partial charge in [0, 0.05) is 21.3 Å². The standard InChI is InChI=1S/C24H18Br2FN3O6/c25-20-14-9-15(21(20)26)19-18(14)23(33)29(24(19)34)28(10-17(31)11-5-7-12(27)8-6-11)22(32)13-3-1-2-4-16(13)30(35)36/h1-8,14-15,18-21H,9-10H2/t14-,15-,18-,19-,20-,21+/m1/s1. The molecule has 36 heavy (non-hydrogen) atoms. The number of hydrogen-bond acceptors (Lipinski definition) is 6. The molecule has 9 nitrogen and oxygen atoms in total. The molecule has 3 aliphatic rings. The zero-order chi connectivity index (χ0) is 25.9. The average molecular weight is 623 g/mol. The quantitative estimate of drug-likeness (QED) is 0.159. The highest BCUT2D eigenvalue weighted by Gasteiger charge is 2.67. The number of halogens is 3. The predicted octanol–water partition coefficient (Wildman–Crippen LogP) is 3.75. The molecule has 6 atom stereocenters. The first-order valence-corrected chi connectivity index (χ1v) is 12.9. The number of nitro benzene ring substituents is 1. The van der Waals surface area contributed by atoms with Crippen molar-refractivity contribution in [3.05, 3.63) is 75.6 Å². The number of hydrogen-bond donors (Lipinski definition) is 0. The van der Waals surface area contributed by atoms with Gasteiger partial charge in [-0.3, -0.25) is 29.3 Å². The van der Waals surface area contributed by atoms with Gasteiger partial charge in [0.15, 0.2) is 5.78 Å². The number of carbonyl (C=O) groups is 4. The summed E-state index contributed by atoms with van der Waals surface area (Å²) < 4.78 is 13.4. The molecule has 3 amide bonds. The second-order valence-corrected chi connectivity index (χ2v) is 11.2. The minimum absolute atomic E-state index is 0.0411. The molecule has 0 aromatic heterocycles. The number of ketones is 1. The maximum Gasteiger partial charge on any atom is 0.282 e. The number of nitrogens with zero attached hydrogens (tertiary/aromatic N) is 3. The first kappa shape index (κ1) is 24.7. The molecule has 0 spiro atoms. The van der Waals surface area contributed by atoms with Crippen LogP contribution in [0.15, 0.2) is 48.5 Å². The van der Waals surface area contributed by atoms with Crippen molar-refractivity contribution in [2.45, 2.75) is 16.1 Å². The first-order valence-electron chi connectivity index (χ1n) is 11.1. The number of fused-ring (bicyclic) bond motifs is 5. The fraction of sp³-hybridized carbons (Fsp3) is 0.333. The van der Waals surface area contributed by atoms with Crippen molar-refractivity contribution in [1.29, 1.82) is 0 Å². The second kappa shape index (κ2) is 9.15. The Labute approximate surface area is 221 Å². The largest absolute Gasteiger partial charge is 0.292 e. The smallest absolute Gasteiger partial charge is 0.282 e. The minimum atomic E-state index is -1.03. The van der Waals surface area contributed by atoms with Gasteiger partial charge in [-0.15, -0.1) is 0 Å². The van der Waals surface area contributed by atoms with Gasteiger partial charge in [0.25, 0.3) is 23.4 Å². The summed E-state index contributed by atoms with van der Waals surface area (Å²) >= 11 is 7.20. The van der Waals surface area contributed by atoms with Crippen molar-refractivity contribution < 1.29 is 28.5 Å². The van der Waals surface area contributed by atoms with Crippen LogP contribution in [0.4, 0.5) is 10.1 Å². The van der Waals surface area contributed by atoms with E-state index in [1.54, 1.807) is 0 Å². The Hall–Kier alpha value is -2.99. The Bertz CT molecular complexity index is 1270. The number of carbonyl (C=O) groups excluding carboxylic acids is 4. The Morgan fingerprint density at radius 2 is 1.56 bits per heavy atom. The Kier molecular flexibility index (Phi) is 6.27. The molecule has 1 saturated heterocycles. The van der Waals surface area contributed by atoms with Gasteiger partial charge in [-0.2, -0.15) is 5.01 Å². The van der Waals surface area contributed by atoms with Crippen LogP contribution in [0.2, 0.25) is 0 Å². The lowest BCUT2D eigenvalue weighted by Crippen LogP contribution is -2.52. The van der Waals surface area contributed by atoms with Crippen molar-refractivity contribution >= 4 is 61.1 Å². The molecule has 2 bridgehead atoms. The molecule has 0 radical (unpaired) electrons. The number of para-hydroxylation sites is 1. The lowest BCUT2D eigenvalue weighted by Gasteiger charge is -2.30. The van der Waals surface area contributed by atoms with E-state index in [1.165, 1.54) is 30.3 Å². The first-order chi connectivity index (χ1) is 17.1. The third kappa shape index (κ3) is 3.78. The van der Waals surface area contributed by atoms with Crippen LogP contribution in [0, 0.1) is 39.6 Å². The van der Waals surface area contributed by atoms with Crippen LogP contribution in [0.5, 0.6) is 0 Å². The monoisotopic (exact) mass is 621 g/mol. The lowest BCUT2D eigenvalue weighted by atomic mass is 9.81. The summed E-state index contributed by atoms with van der Waals surface area (Å²) in [6, 6.07) is 9.70. The predicted molar refractivity (Wildman–Crippen MR) is 131 cm³/mol. The molecule has 2 aromatic carbocycles. The number of amides is 3. The SMILES string of the molecule is O=C(CN(C(=O)c1ccccc1[N+](=O)[O-])N1C(=O)[C@@H]2[C@H]3C[C@@H]([C@@H](Br)[C@H]3Br)[C@H]2C1=O)c1ccc(F)cc1. The van der Waals surface area contributed by atoms with Crippen LogP contribution < -0.4 is 0 Å². The number of hydrazine groups is 1. The average Bonchev–Trinajstić information content (AvgIpc) is 3.47. The van der Waals surface area contributed by atoms with Gasteiger partial charge in [-0.05, 0) is 48.6 Å². The van der Waals surface area contributed by atoms with E-state index >= 15 is 0 Å². The van der Waals surface area contributed by atoms with Crippen molar-refractivity contribution in [2.24, 2.45) is 23.7 Å². The van der Waals surface area contributed by atoms with Crippen LogP contribution >= 0.6 is 31.9 Å². The normalized spacial score (nSPS) is 28.4. The van der Waals surface area contributed by atoms with E-state index in [1.807, 2.05) is 0 Å². The van der Waals surface area contributed by atoms with E-state index in [0.717, 1.165) is 18.2 Å². The van der Waals surface area contributed by atoms with Gasteiger partial charge < -0.3 is 0 Å². The molecule has 1 heterocycles. The molecule has 5 rings (SSSR count). The van der Waals surface area contributed by atoms with Crippen LogP contribution in [0.1, 0.15) is 27.1 Å². The Balaban J connectivity index is 1.55. The van der Waals surface area contributed by atoms with E-state index in [4.69, 9.17) is 0 Å². The summed E-state index contributed by atoms with van der Waals surface area (Å²) in [7, 11) is 0. The molecule has 3 fully saturated rings. The molecule has 2 saturated carbocycles. The van der Waals surface area contributed by atoms with Crippen molar-refractivity contribution in [3.8, 4) is 0 Å². The van der Waals surface area contributed by atoms with Gasteiger partial charge in [-0.25, -0.2) is 9.40 Å². The van der Waals surface area contributed by atoms with Gasteiger partial charge >= 0.3 is 0 Å². The number of alkyl halides is 2. The summed E-state index contributed by atoms with van der Waals surface area (Å²) in [5.74, 6) is -5.09. The van der Waals surface area contributed by atoms with Crippen LogP contribution in [-0.2, 0) is 9.59 Å². The number of benzene rings is 2. The topological polar surface area (TPSA) is 118 Å². The number of nitro groups is 1. The van der Waals surface area contributed by atoms with Crippen molar-refractivity contribution in [3.63, 3.8) is 0 Å². The number of Topliss-reactive ketones (excluding diaryl/α,β-unsaturated/α-hetero) is 1. The van der Waals surface area contributed by atoms with E-state index in [2.05, 4.69) is 31.9 Å². The van der Waals surface area contributed by atoms with E-state index in [0.29, 0.717) is 16.4 Å². The molecular weight excluding hydrogens is 605 g/mol. The Morgan fingerprint density at radius 1 is 1.00 bits per heavy atom. The molecule has 0 N–H and O–H groups in total. The lowest BCUT2D eigenvalue weighted by molar-refractivity contribution is -0.385. The van der Waals surface area contributed by atoms with Gasteiger partial charge in [0.05, 0.1) is 16.8 Å². The fourth-order valence-electron chi connectivity index (χ4n) is 5.62. The molecule has 1 aliphatic heterocycles. The second-order valence-electron chi connectivity index (χ2n) is 9.06. The summed E-state index contributed by atoms with van der Waals surface area (Å²) in [4.78, 5) is 64.6.